The van der Waals surface area contributed by atoms with Crippen LogP contribution in [-0.4, -0.2) is 4.57 Å². The Morgan fingerprint density at radius 2 is 0.860 bits per heavy atom. The van der Waals surface area contributed by atoms with Crippen LogP contribution >= 0.6 is 11.3 Å². The minimum atomic E-state index is 0.875. The van der Waals surface area contributed by atoms with E-state index in [0.717, 1.165) is 49.8 Å². The molecule has 0 aliphatic carbocycles. The summed E-state index contributed by atoms with van der Waals surface area (Å²) in [7, 11) is 0. The van der Waals surface area contributed by atoms with E-state index in [0.29, 0.717) is 0 Å². The van der Waals surface area contributed by atoms with Crippen molar-refractivity contribution >= 4 is 75.3 Å². The Morgan fingerprint density at radius 1 is 0.316 bits per heavy atom. The molecule has 9 aromatic carbocycles. The standard InChI is InChI=1S/C54H33NOS/c1-4-13-34(14-5-1)37-24-27-48-45(29-37)46-30-38(35-15-6-2-7-16-35)25-28-49(46)55(48)50-21-12-20-43-47-32-40(31-44(53(47)56-54(43)50)36-17-8-3-9-18-36)39-23-26-42-41-19-10-11-22-51(41)57-52(42)33-39/h1-33H. The van der Waals surface area contributed by atoms with Crippen LogP contribution in [0.3, 0.4) is 0 Å². The lowest BCUT2D eigenvalue weighted by molar-refractivity contribution is 0.667. The number of benzene rings is 9. The van der Waals surface area contributed by atoms with Gasteiger partial charge in [-0.05, 0) is 93.5 Å². The average molecular weight is 744 g/mol. The van der Waals surface area contributed by atoms with E-state index in [9.17, 15) is 0 Å². The lowest BCUT2D eigenvalue weighted by atomic mass is 9.95. The minimum Gasteiger partial charge on any atom is -0.453 e. The fourth-order valence-corrected chi connectivity index (χ4v) is 10.0. The van der Waals surface area contributed by atoms with Crippen molar-refractivity contribution in [1.29, 1.82) is 0 Å². The molecule has 0 aliphatic rings. The number of thiophene rings is 1. The molecule has 0 fully saturated rings. The number of para-hydroxylation sites is 1. The van der Waals surface area contributed by atoms with E-state index in [-0.39, 0.29) is 0 Å². The van der Waals surface area contributed by atoms with Crippen molar-refractivity contribution in [2.75, 3.05) is 0 Å². The molecule has 12 aromatic rings. The maximum Gasteiger partial charge on any atom is 0.159 e. The fraction of sp³-hybridized carbons (Fsp3) is 0. The Labute approximate surface area is 333 Å². The van der Waals surface area contributed by atoms with Gasteiger partial charge in [0, 0.05) is 47.3 Å². The summed E-state index contributed by atoms with van der Waals surface area (Å²) in [6.45, 7) is 0. The smallest absolute Gasteiger partial charge is 0.159 e. The number of nitrogens with zero attached hydrogens (tertiary/aromatic N) is 1. The number of rotatable bonds is 5. The van der Waals surface area contributed by atoms with Gasteiger partial charge in [-0.3, -0.25) is 0 Å². The highest BCUT2D eigenvalue weighted by atomic mass is 32.1. The second-order valence-corrected chi connectivity index (χ2v) is 15.9. The Hall–Kier alpha value is -7.20. The molecule has 0 amide bonds. The highest BCUT2D eigenvalue weighted by molar-refractivity contribution is 7.25. The maximum atomic E-state index is 7.16. The molecule has 57 heavy (non-hydrogen) atoms. The summed E-state index contributed by atoms with van der Waals surface area (Å²) in [4.78, 5) is 0. The summed E-state index contributed by atoms with van der Waals surface area (Å²) in [6.07, 6.45) is 0. The lowest BCUT2D eigenvalue weighted by Gasteiger charge is -2.09. The zero-order chi connectivity index (χ0) is 37.5. The lowest BCUT2D eigenvalue weighted by Crippen LogP contribution is -1.94. The third kappa shape index (κ3) is 5.10. The number of fused-ring (bicyclic) bond motifs is 9. The van der Waals surface area contributed by atoms with Crippen molar-refractivity contribution in [2.45, 2.75) is 0 Å². The van der Waals surface area contributed by atoms with E-state index in [2.05, 4.69) is 205 Å². The zero-order valence-electron chi connectivity index (χ0n) is 30.8. The van der Waals surface area contributed by atoms with Crippen LogP contribution in [0.15, 0.2) is 205 Å². The molecule has 3 aromatic heterocycles. The van der Waals surface area contributed by atoms with E-state index >= 15 is 0 Å². The first-order chi connectivity index (χ1) is 28.2. The summed E-state index contributed by atoms with van der Waals surface area (Å²) in [6, 6.07) is 72.6. The van der Waals surface area contributed by atoms with Gasteiger partial charge in [-0.2, -0.15) is 0 Å². The molecule has 12 rings (SSSR count). The third-order valence-electron chi connectivity index (χ3n) is 11.6. The summed E-state index contributed by atoms with van der Waals surface area (Å²) in [5, 5.41) is 7.25. The van der Waals surface area contributed by atoms with E-state index in [1.54, 1.807) is 0 Å². The van der Waals surface area contributed by atoms with Crippen LogP contribution in [0.1, 0.15) is 0 Å². The Balaban J connectivity index is 1.11. The van der Waals surface area contributed by atoms with Gasteiger partial charge in [0.25, 0.3) is 0 Å². The number of hydrogen-bond donors (Lipinski definition) is 0. The summed E-state index contributed by atoms with van der Waals surface area (Å²) in [5.41, 5.74) is 14.5. The third-order valence-corrected chi connectivity index (χ3v) is 12.7. The monoisotopic (exact) mass is 743 g/mol. The van der Waals surface area contributed by atoms with Crippen molar-refractivity contribution in [3.05, 3.63) is 200 Å². The Kier molecular flexibility index (Phi) is 7.13. The predicted molar refractivity (Wildman–Crippen MR) is 243 cm³/mol. The molecule has 0 saturated carbocycles. The summed E-state index contributed by atoms with van der Waals surface area (Å²) >= 11 is 1.86. The molecule has 2 nitrogen and oxygen atoms in total. The van der Waals surface area contributed by atoms with Crippen molar-refractivity contribution in [3.63, 3.8) is 0 Å². The molecule has 266 valence electrons. The van der Waals surface area contributed by atoms with Gasteiger partial charge in [0.2, 0.25) is 0 Å². The van der Waals surface area contributed by atoms with Gasteiger partial charge < -0.3 is 8.98 Å². The zero-order valence-corrected chi connectivity index (χ0v) is 31.6. The molecular formula is C54H33NOS. The topological polar surface area (TPSA) is 18.1 Å². The molecule has 3 heteroatoms. The highest BCUT2D eigenvalue weighted by Gasteiger charge is 2.21. The van der Waals surface area contributed by atoms with Crippen LogP contribution in [0, 0.1) is 0 Å². The van der Waals surface area contributed by atoms with E-state index < -0.39 is 0 Å². The van der Waals surface area contributed by atoms with Crippen molar-refractivity contribution in [2.24, 2.45) is 0 Å². The molecule has 0 spiro atoms. The average Bonchev–Trinajstić information content (AvgIpc) is 3.96. The van der Waals surface area contributed by atoms with E-state index in [4.69, 9.17) is 4.42 Å². The van der Waals surface area contributed by atoms with Crippen molar-refractivity contribution in [3.8, 4) is 50.2 Å². The second-order valence-electron chi connectivity index (χ2n) is 14.9. The summed E-state index contributed by atoms with van der Waals surface area (Å²) < 4.78 is 12.2. The molecule has 0 radical (unpaired) electrons. The molecular weight excluding hydrogens is 711 g/mol. The van der Waals surface area contributed by atoms with Crippen molar-refractivity contribution < 1.29 is 4.42 Å². The van der Waals surface area contributed by atoms with Crippen molar-refractivity contribution in [1.82, 2.24) is 4.57 Å². The quantitative estimate of drug-likeness (QED) is 0.172. The first-order valence-corrected chi connectivity index (χ1v) is 20.2. The molecule has 0 unspecified atom stereocenters. The minimum absolute atomic E-state index is 0.875. The van der Waals surface area contributed by atoms with Crippen LogP contribution in [0.5, 0.6) is 0 Å². The van der Waals surface area contributed by atoms with Gasteiger partial charge in [-0.15, -0.1) is 11.3 Å². The van der Waals surface area contributed by atoms with Gasteiger partial charge in [0.15, 0.2) is 5.58 Å². The molecule has 0 saturated heterocycles. The van der Waals surface area contributed by atoms with Crippen LogP contribution in [0.2, 0.25) is 0 Å². The van der Waals surface area contributed by atoms with E-state index in [1.807, 2.05) is 11.3 Å². The largest absolute Gasteiger partial charge is 0.453 e. The van der Waals surface area contributed by atoms with Crippen LogP contribution < -0.4 is 0 Å². The van der Waals surface area contributed by atoms with Crippen LogP contribution in [0.25, 0.3) is 114 Å². The Morgan fingerprint density at radius 3 is 1.54 bits per heavy atom. The van der Waals surface area contributed by atoms with E-state index in [1.165, 1.54) is 64.3 Å². The van der Waals surface area contributed by atoms with Gasteiger partial charge in [-0.25, -0.2) is 0 Å². The van der Waals surface area contributed by atoms with Gasteiger partial charge in [-0.1, -0.05) is 146 Å². The van der Waals surface area contributed by atoms with Gasteiger partial charge in [0.05, 0.1) is 16.7 Å². The molecule has 3 heterocycles. The number of aromatic nitrogens is 1. The highest BCUT2D eigenvalue weighted by Crippen LogP contribution is 2.45. The summed E-state index contributed by atoms with van der Waals surface area (Å²) in [5.74, 6) is 0. The first kappa shape index (κ1) is 32.1. The van der Waals surface area contributed by atoms with Crippen LogP contribution in [0.4, 0.5) is 0 Å². The SMILES string of the molecule is c1ccc(-c2ccc3c(c2)c2cc(-c4ccccc4)ccc2n3-c2cccc3c2oc2c(-c4ccccc4)cc(-c4ccc5c(c4)sc4ccccc45)cc23)cc1. The Bertz CT molecular complexity index is 3400. The fourth-order valence-electron chi connectivity index (χ4n) is 8.87. The van der Waals surface area contributed by atoms with Gasteiger partial charge >= 0.3 is 0 Å². The molecule has 0 atom stereocenters. The van der Waals surface area contributed by atoms with Crippen LogP contribution in [-0.2, 0) is 0 Å². The second kappa shape index (κ2) is 12.7. The predicted octanol–water partition coefficient (Wildman–Crippen LogP) is 15.7. The normalized spacial score (nSPS) is 11.9. The number of hydrogen-bond acceptors (Lipinski definition) is 2. The maximum absolute atomic E-state index is 7.16. The molecule has 0 N–H and O–H groups in total. The number of furan rings is 1. The molecule has 0 aliphatic heterocycles. The van der Waals surface area contributed by atoms with Gasteiger partial charge in [0.1, 0.15) is 5.58 Å². The molecule has 0 bridgehead atoms. The first-order valence-electron chi connectivity index (χ1n) is 19.4.